The maximum absolute atomic E-state index is 13.6. The van der Waals surface area contributed by atoms with E-state index in [0.29, 0.717) is 6.07 Å². The standard InChI is InChI=1S/C17H15ClF7N3OS/c1-15(2,3)30(29)28-12(8-6-9(18)13(26-7-8)16(20,21)22)11-5-4-10(19)14(27-11)17(23,24)25/h4-7,12,28H,1-3H3. The predicted molar refractivity (Wildman–Crippen MR) is 96.3 cm³/mol. The van der Waals surface area contributed by atoms with Crippen molar-refractivity contribution in [2.75, 3.05) is 0 Å². The molecule has 2 unspecified atom stereocenters. The maximum Gasteiger partial charge on any atom is 0.436 e. The van der Waals surface area contributed by atoms with E-state index in [4.69, 9.17) is 11.6 Å². The van der Waals surface area contributed by atoms with E-state index in [9.17, 15) is 34.9 Å². The van der Waals surface area contributed by atoms with Gasteiger partial charge in [0.05, 0.1) is 32.5 Å². The van der Waals surface area contributed by atoms with Gasteiger partial charge in [-0.3, -0.25) is 0 Å². The van der Waals surface area contributed by atoms with Crippen LogP contribution in [-0.2, 0) is 23.3 Å². The Morgan fingerprint density at radius 2 is 1.60 bits per heavy atom. The molecule has 4 nitrogen and oxygen atoms in total. The summed E-state index contributed by atoms with van der Waals surface area (Å²) in [6, 6.07) is 0.818. The Hall–Kier alpha value is -1.79. The lowest BCUT2D eigenvalue weighted by molar-refractivity contribution is -0.144. The molecule has 0 radical (unpaired) electrons. The number of rotatable bonds is 4. The molecule has 0 saturated heterocycles. The van der Waals surface area contributed by atoms with Gasteiger partial charge >= 0.3 is 12.4 Å². The van der Waals surface area contributed by atoms with E-state index >= 15 is 0 Å². The van der Waals surface area contributed by atoms with Crippen LogP contribution < -0.4 is 4.72 Å². The monoisotopic (exact) mass is 477 g/mol. The molecule has 0 aliphatic carbocycles. The first-order valence-electron chi connectivity index (χ1n) is 8.16. The number of nitrogens with zero attached hydrogens (tertiary/aromatic N) is 2. The fourth-order valence-corrected chi connectivity index (χ4v) is 3.33. The lowest BCUT2D eigenvalue weighted by Gasteiger charge is -2.25. The molecule has 0 amide bonds. The molecule has 2 atom stereocenters. The largest absolute Gasteiger partial charge is 0.436 e. The number of hydrogen-bond acceptors (Lipinski definition) is 3. The number of hydrogen-bond donors (Lipinski definition) is 1. The zero-order valence-corrected chi connectivity index (χ0v) is 17.2. The third-order valence-corrected chi connectivity index (χ3v) is 5.53. The Balaban J connectivity index is 2.63. The average molecular weight is 478 g/mol. The molecule has 0 bridgehead atoms. The van der Waals surface area contributed by atoms with Crippen LogP contribution in [-0.4, -0.2) is 18.9 Å². The second-order valence-corrected chi connectivity index (χ2v) is 9.50. The summed E-state index contributed by atoms with van der Waals surface area (Å²) in [5.41, 5.74) is -3.79. The van der Waals surface area contributed by atoms with Crippen LogP contribution in [0.25, 0.3) is 0 Å². The molecule has 13 heteroatoms. The van der Waals surface area contributed by atoms with Gasteiger partial charge in [-0.05, 0) is 44.5 Å². The SMILES string of the molecule is CC(C)(C)S(=O)NC(c1cnc(C(F)(F)F)c(Cl)c1)c1ccc(F)c(C(F)(F)F)n1. The van der Waals surface area contributed by atoms with Gasteiger partial charge in [-0.25, -0.2) is 23.3 Å². The van der Waals surface area contributed by atoms with Crippen molar-refractivity contribution in [3.8, 4) is 0 Å². The zero-order chi connectivity index (χ0) is 23.1. The van der Waals surface area contributed by atoms with E-state index in [2.05, 4.69) is 14.7 Å². The van der Waals surface area contributed by atoms with E-state index in [0.717, 1.165) is 18.3 Å². The summed E-state index contributed by atoms with van der Waals surface area (Å²) in [5.74, 6) is -1.63. The Kier molecular flexibility index (Phi) is 6.84. The highest BCUT2D eigenvalue weighted by molar-refractivity contribution is 7.84. The van der Waals surface area contributed by atoms with Gasteiger partial charge in [0.1, 0.15) is 0 Å². The topological polar surface area (TPSA) is 54.9 Å². The maximum atomic E-state index is 13.6. The van der Waals surface area contributed by atoms with Crippen molar-refractivity contribution in [2.24, 2.45) is 0 Å². The molecule has 0 fully saturated rings. The number of alkyl halides is 6. The van der Waals surface area contributed by atoms with Crippen molar-refractivity contribution in [3.05, 3.63) is 57.9 Å². The van der Waals surface area contributed by atoms with E-state index in [1.807, 2.05) is 0 Å². The quantitative estimate of drug-likeness (QED) is 0.596. The molecule has 2 aromatic rings. The molecule has 30 heavy (non-hydrogen) atoms. The van der Waals surface area contributed by atoms with Crippen LogP contribution in [0.3, 0.4) is 0 Å². The summed E-state index contributed by atoms with van der Waals surface area (Å²) in [6.07, 6.45) is -9.25. The Labute approximate surface area is 174 Å². The summed E-state index contributed by atoms with van der Waals surface area (Å²) in [6.45, 7) is 4.68. The third kappa shape index (κ3) is 5.67. The molecular formula is C17H15ClF7N3OS. The second kappa shape index (κ2) is 8.39. The van der Waals surface area contributed by atoms with Crippen LogP contribution in [0.4, 0.5) is 30.7 Å². The molecule has 2 aromatic heterocycles. The molecule has 1 N–H and O–H groups in total. The molecule has 0 aromatic carbocycles. The van der Waals surface area contributed by atoms with Crippen LogP contribution in [0.1, 0.15) is 49.5 Å². The molecule has 0 spiro atoms. The number of nitrogens with one attached hydrogen (secondary N) is 1. The molecule has 0 saturated carbocycles. The van der Waals surface area contributed by atoms with E-state index < -0.39 is 62.0 Å². The molecule has 0 aliphatic rings. The molecule has 166 valence electrons. The molecule has 0 aliphatic heterocycles. The van der Waals surface area contributed by atoms with E-state index in [-0.39, 0.29) is 5.56 Å². The molecule has 2 heterocycles. The number of halogens is 8. The third-order valence-electron chi connectivity index (χ3n) is 3.68. The predicted octanol–water partition coefficient (Wildman–Crippen LogP) is 5.45. The average Bonchev–Trinajstić information content (AvgIpc) is 2.57. The highest BCUT2D eigenvalue weighted by atomic mass is 35.5. The summed E-state index contributed by atoms with van der Waals surface area (Å²) >= 11 is 5.65. The Bertz CT molecular complexity index is 958. The lowest BCUT2D eigenvalue weighted by atomic mass is 10.1. The Morgan fingerprint density at radius 1 is 1.03 bits per heavy atom. The fraction of sp³-hybridized carbons (Fsp3) is 0.412. The van der Waals surface area contributed by atoms with Crippen molar-refractivity contribution in [2.45, 2.75) is 43.9 Å². The highest BCUT2D eigenvalue weighted by Gasteiger charge is 2.38. The van der Waals surface area contributed by atoms with Gasteiger partial charge in [0.15, 0.2) is 17.2 Å². The molecule has 2 rings (SSSR count). The van der Waals surface area contributed by atoms with Crippen molar-refractivity contribution in [1.82, 2.24) is 14.7 Å². The van der Waals surface area contributed by atoms with E-state index in [1.54, 1.807) is 20.8 Å². The summed E-state index contributed by atoms with van der Waals surface area (Å²) in [4.78, 5) is 6.50. The first kappa shape index (κ1) is 24.5. The number of aromatic nitrogens is 2. The normalized spacial score (nSPS) is 15.2. The van der Waals surface area contributed by atoms with Gasteiger partial charge in [0.25, 0.3) is 0 Å². The first-order chi connectivity index (χ1) is 13.5. The fourth-order valence-electron chi connectivity index (χ4n) is 2.22. The van der Waals surface area contributed by atoms with Crippen LogP contribution in [0, 0.1) is 5.82 Å². The number of pyridine rings is 2. The smallest absolute Gasteiger partial charge is 0.250 e. The highest BCUT2D eigenvalue weighted by Crippen LogP contribution is 2.36. The second-order valence-electron chi connectivity index (χ2n) is 7.09. The van der Waals surface area contributed by atoms with Crippen molar-refractivity contribution in [3.63, 3.8) is 0 Å². The van der Waals surface area contributed by atoms with Crippen molar-refractivity contribution in [1.29, 1.82) is 0 Å². The van der Waals surface area contributed by atoms with Crippen LogP contribution in [0.2, 0.25) is 5.02 Å². The van der Waals surface area contributed by atoms with Crippen LogP contribution >= 0.6 is 11.6 Å². The summed E-state index contributed by atoms with van der Waals surface area (Å²) in [7, 11) is -1.89. The van der Waals surface area contributed by atoms with Crippen LogP contribution in [0.15, 0.2) is 24.4 Å². The lowest BCUT2D eigenvalue weighted by Crippen LogP contribution is -2.36. The van der Waals surface area contributed by atoms with Gasteiger partial charge in [-0.2, -0.15) is 26.3 Å². The summed E-state index contributed by atoms with van der Waals surface area (Å²) in [5, 5.41) is -0.813. The minimum absolute atomic E-state index is 0.141. The first-order valence-corrected chi connectivity index (χ1v) is 9.69. The van der Waals surface area contributed by atoms with Gasteiger partial charge < -0.3 is 0 Å². The van der Waals surface area contributed by atoms with Crippen molar-refractivity contribution >= 4 is 22.6 Å². The van der Waals surface area contributed by atoms with Gasteiger partial charge in [-0.15, -0.1) is 0 Å². The molecular weight excluding hydrogens is 463 g/mol. The van der Waals surface area contributed by atoms with Gasteiger partial charge in [0, 0.05) is 6.20 Å². The van der Waals surface area contributed by atoms with Crippen molar-refractivity contribution < 1.29 is 34.9 Å². The van der Waals surface area contributed by atoms with E-state index in [1.165, 1.54) is 0 Å². The minimum Gasteiger partial charge on any atom is -0.250 e. The van der Waals surface area contributed by atoms with Crippen LogP contribution in [0.5, 0.6) is 0 Å². The Morgan fingerprint density at radius 3 is 2.07 bits per heavy atom. The minimum atomic E-state index is -5.12. The summed E-state index contributed by atoms with van der Waals surface area (Å²) < 4.78 is 106. The van der Waals surface area contributed by atoms with Gasteiger partial charge in [-0.1, -0.05) is 11.6 Å². The zero-order valence-electron chi connectivity index (χ0n) is 15.6. The van der Waals surface area contributed by atoms with Gasteiger partial charge in [0.2, 0.25) is 0 Å².